The number of carbonyl (C=O) groups is 1. The lowest BCUT2D eigenvalue weighted by Crippen LogP contribution is -2.32. The fourth-order valence-electron chi connectivity index (χ4n) is 3.55. The van der Waals surface area contributed by atoms with Crippen LogP contribution in [0.15, 0.2) is 53.4 Å². The third-order valence-electron chi connectivity index (χ3n) is 4.79. The van der Waals surface area contributed by atoms with Gasteiger partial charge in [0.1, 0.15) is 11.9 Å². The highest BCUT2D eigenvalue weighted by Gasteiger charge is 2.47. The van der Waals surface area contributed by atoms with Crippen molar-refractivity contribution in [3.8, 4) is 5.75 Å². The van der Waals surface area contributed by atoms with E-state index < -0.39 is 0 Å². The second-order valence-corrected chi connectivity index (χ2v) is 7.02. The van der Waals surface area contributed by atoms with Gasteiger partial charge in [-0.05, 0) is 54.6 Å². The molecule has 4 rings (SSSR count). The molecule has 6 heteroatoms. The second kappa shape index (κ2) is 6.61. The molecule has 2 aliphatic rings. The summed E-state index contributed by atoms with van der Waals surface area (Å²) in [6.07, 6.45) is 2.95. The Morgan fingerprint density at radius 2 is 1.76 bits per heavy atom. The number of amides is 2. The largest absolute Gasteiger partial charge is 0.497 e. The fourth-order valence-corrected chi connectivity index (χ4v) is 3.95. The van der Waals surface area contributed by atoms with Gasteiger partial charge in [0, 0.05) is 23.7 Å². The third-order valence-corrected chi connectivity index (χ3v) is 5.53. The molecule has 2 aliphatic heterocycles. The summed E-state index contributed by atoms with van der Waals surface area (Å²) in [6.45, 7) is 1.67. The number of carbonyl (C=O) groups excluding carboxylic acids is 1. The van der Waals surface area contributed by atoms with E-state index >= 15 is 0 Å². The van der Waals surface area contributed by atoms with Crippen LogP contribution in [-0.2, 0) is 0 Å². The molecule has 0 saturated carbocycles. The maximum Gasteiger partial charge on any atom is 0.340 e. The molecule has 0 unspecified atom stereocenters. The van der Waals surface area contributed by atoms with Crippen LogP contribution in [0.5, 0.6) is 5.75 Å². The van der Waals surface area contributed by atoms with Crippen LogP contribution < -0.4 is 9.64 Å². The van der Waals surface area contributed by atoms with Crippen molar-refractivity contribution in [1.29, 1.82) is 0 Å². The topological polar surface area (TPSA) is 36.0 Å². The molecule has 0 N–H and O–H groups in total. The highest BCUT2D eigenvalue weighted by atomic mass is 32.2. The number of fused-ring (bicyclic) bond motifs is 1. The van der Waals surface area contributed by atoms with Crippen LogP contribution in [0.1, 0.15) is 18.2 Å². The zero-order chi connectivity index (χ0) is 17.4. The van der Waals surface area contributed by atoms with Crippen molar-refractivity contribution < 1.29 is 9.53 Å². The quantitative estimate of drug-likeness (QED) is 0.777. The standard InChI is InChI=1S/C19H21N3O2S/c1-24-16-8-4-14(5-9-16)18-20-12-3-13-21(20)19(23)22(18)15-6-10-17(25-2)11-7-15/h4-11,18H,3,12-13H2,1-2H3/t18-/m1/s1. The van der Waals surface area contributed by atoms with E-state index in [1.807, 2.05) is 46.3 Å². The van der Waals surface area contributed by atoms with Crippen LogP contribution >= 0.6 is 11.8 Å². The molecule has 25 heavy (non-hydrogen) atoms. The molecule has 2 aromatic carbocycles. The van der Waals surface area contributed by atoms with E-state index in [-0.39, 0.29) is 12.2 Å². The van der Waals surface area contributed by atoms with Crippen LogP contribution in [0.3, 0.4) is 0 Å². The van der Waals surface area contributed by atoms with E-state index in [0.29, 0.717) is 0 Å². The van der Waals surface area contributed by atoms with Gasteiger partial charge in [0.25, 0.3) is 0 Å². The monoisotopic (exact) mass is 355 g/mol. The third kappa shape index (κ3) is 2.75. The second-order valence-electron chi connectivity index (χ2n) is 6.14. The molecule has 2 fully saturated rings. The van der Waals surface area contributed by atoms with E-state index in [1.165, 1.54) is 4.90 Å². The van der Waals surface area contributed by atoms with Gasteiger partial charge in [-0.3, -0.25) is 9.91 Å². The molecule has 2 aromatic rings. The lowest BCUT2D eigenvalue weighted by Gasteiger charge is -2.28. The maximum absolute atomic E-state index is 13.0. The Kier molecular flexibility index (Phi) is 4.31. The van der Waals surface area contributed by atoms with Crippen molar-refractivity contribution in [2.75, 3.05) is 31.4 Å². The van der Waals surface area contributed by atoms with Crippen molar-refractivity contribution >= 4 is 23.5 Å². The van der Waals surface area contributed by atoms with Crippen molar-refractivity contribution in [3.63, 3.8) is 0 Å². The Bertz CT molecular complexity index is 763. The maximum atomic E-state index is 13.0. The summed E-state index contributed by atoms with van der Waals surface area (Å²) >= 11 is 1.70. The number of urea groups is 1. The minimum Gasteiger partial charge on any atom is -0.497 e. The molecule has 0 bridgehead atoms. The van der Waals surface area contributed by atoms with Crippen LogP contribution in [0.4, 0.5) is 10.5 Å². The molecule has 2 heterocycles. The van der Waals surface area contributed by atoms with Gasteiger partial charge >= 0.3 is 6.03 Å². The van der Waals surface area contributed by atoms with E-state index in [0.717, 1.165) is 36.5 Å². The first kappa shape index (κ1) is 16.3. The summed E-state index contributed by atoms with van der Waals surface area (Å²) in [5.41, 5.74) is 2.02. The Hall–Kier alpha value is -2.18. The SMILES string of the molecule is COc1ccc([C@H]2N(c3ccc(SC)cc3)C(=O)N3CCCN23)cc1. The summed E-state index contributed by atoms with van der Waals surface area (Å²) in [5.74, 6) is 0.822. The van der Waals surface area contributed by atoms with Crippen molar-refractivity contribution in [2.24, 2.45) is 0 Å². The van der Waals surface area contributed by atoms with Crippen molar-refractivity contribution in [1.82, 2.24) is 10.0 Å². The van der Waals surface area contributed by atoms with Gasteiger partial charge in [0.15, 0.2) is 0 Å². The van der Waals surface area contributed by atoms with Gasteiger partial charge in [-0.1, -0.05) is 12.1 Å². The first-order valence-electron chi connectivity index (χ1n) is 8.38. The minimum atomic E-state index is -0.110. The van der Waals surface area contributed by atoms with Gasteiger partial charge in [0.2, 0.25) is 0 Å². The smallest absolute Gasteiger partial charge is 0.340 e. The molecule has 130 valence electrons. The first-order valence-corrected chi connectivity index (χ1v) is 9.60. The summed E-state index contributed by atoms with van der Waals surface area (Å²) in [5, 5.41) is 4.05. The van der Waals surface area contributed by atoms with E-state index in [1.54, 1.807) is 18.9 Å². The zero-order valence-corrected chi connectivity index (χ0v) is 15.2. The number of ether oxygens (including phenoxy) is 1. The van der Waals surface area contributed by atoms with Crippen LogP contribution in [0, 0.1) is 0 Å². The average molecular weight is 355 g/mol. The molecule has 0 aliphatic carbocycles. The van der Waals surface area contributed by atoms with Gasteiger partial charge in [-0.25, -0.2) is 4.79 Å². The predicted molar refractivity (Wildman–Crippen MR) is 99.9 cm³/mol. The van der Waals surface area contributed by atoms with Crippen LogP contribution in [0.2, 0.25) is 0 Å². The number of benzene rings is 2. The van der Waals surface area contributed by atoms with Gasteiger partial charge in [0.05, 0.1) is 7.11 Å². The number of nitrogens with zero attached hydrogens (tertiary/aromatic N) is 3. The number of hydrogen-bond acceptors (Lipinski definition) is 4. The summed E-state index contributed by atoms with van der Waals surface area (Å²) < 4.78 is 5.27. The van der Waals surface area contributed by atoms with E-state index in [2.05, 4.69) is 23.4 Å². The molecule has 0 spiro atoms. The Balaban J connectivity index is 1.74. The molecule has 5 nitrogen and oxygen atoms in total. The van der Waals surface area contributed by atoms with Gasteiger partial charge in [-0.15, -0.1) is 11.8 Å². The Labute approximate surface area is 152 Å². The molecule has 0 aromatic heterocycles. The van der Waals surface area contributed by atoms with E-state index in [4.69, 9.17) is 4.74 Å². The molecule has 0 radical (unpaired) electrons. The highest BCUT2D eigenvalue weighted by Crippen LogP contribution is 2.40. The zero-order valence-electron chi connectivity index (χ0n) is 14.4. The molecule has 2 saturated heterocycles. The lowest BCUT2D eigenvalue weighted by molar-refractivity contribution is 0.0727. The number of thioether (sulfide) groups is 1. The number of hydrogen-bond donors (Lipinski definition) is 0. The lowest BCUT2D eigenvalue weighted by atomic mass is 10.1. The first-order chi connectivity index (χ1) is 12.2. The summed E-state index contributed by atoms with van der Waals surface area (Å²) in [4.78, 5) is 16.1. The molecule has 1 atom stereocenters. The molecule has 2 amide bonds. The van der Waals surface area contributed by atoms with Crippen LogP contribution in [-0.4, -0.2) is 42.5 Å². The highest BCUT2D eigenvalue weighted by molar-refractivity contribution is 7.98. The van der Waals surface area contributed by atoms with Crippen LogP contribution in [0.25, 0.3) is 0 Å². The number of anilines is 1. The molecular weight excluding hydrogens is 334 g/mol. The number of rotatable bonds is 4. The minimum absolute atomic E-state index is 0.0511. The van der Waals surface area contributed by atoms with Crippen molar-refractivity contribution in [2.45, 2.75) is 17.5 Å². The summed E-state index contributed by atoms with van der Waals surface area (Å²) in [6, 6.07) is 16.2. The fraction of sp³-hybridized carbons (Fsp3) is 0.316. The molecular formula is C19H21N3O2S. The van der Waals surface area contributed by atoms with Crippen molar-refractivity contribution in [3.05, 3.63) is 54.1 Å². The summed E-state index contributed by atoms with van der Waals surface area (Å²) in [7, 11) is 1.66. The number of methoxy groups -OCH3 is 1. The van der Waals surface area contributed by atoms with Gasteiger partial charge < -0.3 is 4.74 Å². The number of hydrazine groups is 1. The van der Waals surface area contributed by atoms with Gasteiger partial charge in [-0.2, -0.15) is 5.01 Å². The van der Waals surface area contributed by atoms with E-state index in [9.17, 15) is 4.79 Å². The predicted octanol–water partition coefficient (Wildman–Crippen LogP) is 3.98. The Morgan fingerprint density at radius 3 is 2.40 bits per heavy atom. The Morgan fingerprint density at radius 1 is 1.04 bits per heavy atom. The average Bonchev–Trinajstić information content (AvgIpc) is 3.24. The normalized spacial score (nSPS) is 20.2.